The van der Waals surface area contributed by atoms with E-state index in [1.165, 1.54) is 15.6 Å². The van der Waals surface area contributed by atoms with Gasteiger partial charge in [-0.1, -0.05) is 71.1 Å². The Hall–Kier alpha value is -0.513. The molecule has 100 valence electrons. The predicted octanol–water partition coefficient (Wildman–Crippen LogP) is 5.29. The molecule has 0 bridgehead atoms. The maximum atomic E-state index is 3.51. The highest BCUT2D eigenvalue weighted by atomic mass is 79.9. The molecule has 0 atom stereocenters. The number of thioether (sulfide) groups is 1. The third kappa shape index (κ3) is 4.51. The van der Waals surface area contributed by atoms with E-state index in [1.807, 2.05) is 11.8 Å². The van der Waals surface area contributed by atoms with Crippen LogP contribution < -0.4 is 5.19 Å². The highest BCUT2D eigenvalue weighted by Crippen LogP contribution is 2.25. The molecule has 0 aliphatic carbocycles. The Labute approximate surface area is 129 Å². The molecule has 0 aliphatic rings. The number of benzene rings is 2. The van der Waals surface area contributed by atoms with Crippen molar-refractivity contribution in [3.8, 4) is 0 Å². The SMILES string of the molecule is C[Si](C)(C)c1ccc(CSc2cccc(Br)c2)cc1. The summed E-state index contributed by atoms with van der Waals surface area (Å²) in [5.74, 6) is 1.03. The van der Waals surface area contributed by atoms with Crippen molar-refractivity contribution in [2.75, 3.05) is 0 Å². The van der Waals surface area contributed by atoms with E-state index in [9.17, 15) is 0 Å². The second-order valence-corrected chi connectivity index (χ2v) is 12.7. The van der Waals surface area contributed by atoms with E-state index in [-0.39, 0.29) is 0 Å². The molecule has 2 aromatic carbocycles. The third-order valence-electron chi connectivity index (χ3n) is 3.02. The average molecular weight is 351 g/mol. The first-order valence-electron chi connectivity index (χ1n) is 6.43. The van der Waals surface area contributed by atoms with Crippen LogP contribution in [0.2, 0.25) is 19.6 Å². The molecular formula is C16H19BrSSi. The summed E-state index contributed by atoms with van der Waals surface area (Å²) in [5.41, 5.74) is 1.40. The van der Waals surface area contributed by atoms with Gasteiger partial charge in [0, 0.05) is 15.1 Å². The minimum absolute atomic E-state index is 1.03. The fourth-order valence-corrected chi connectivity index (χ4v) is 4.45. The van der Waals surface area contributed by atoms with Crippen LogP contribution in [0.3, 0.4) is 0 Å². The third-order valence-corrected chi connectivity index (χ3v) is 6.65. The molecule has 0 spiro atoms. The molecular weight excluding hydrogens is 332 g/mol. The molecule has 19 heavy (non-hydrogen) atoms. The van der Waals surface area contributed by atoms with E-state index in [4.69, 9.17) is 0 Å². The van der Waals surface area contributed by atoms with Crippen LogP contribution in [-0.2, 0) is 5.75 Å². The van der Waals surface area contributed by atoms with Gasteiger partial charge in [-0.15, -0.1) is 11.8 Å². The van der Waals surface area contributed by atoms with Gasteiger partial charge < -0.3 is 0 Å². The molecule has 0 saturated carbocycles. The van der Waals surface area contributed by atoms with Gasteiger partial charge in [0.05, 0.1) is 8.07 Å². The quantitative estimate of drug-likeness (QED) is 0.533. The monoisotopic (exact) mass is 350 g/mol. The van der Waals surface area contributed by atoms with Crippen molar-refractivity contribution in [1.82, 2.24) is 0 Å². The summed E-state index contributed by atoms with van der Waals surface area (Å²) in [4.78, 5) is 1.31. The molecule has 0 aromatic heterocycles. The summed E-state index contributed by atoms with van der Waals surface area (Å²) in [6, 6.07) is 17.6. The van der Waals surface area contributed by atoms with Gasteiger partial charge in [-0.05, 0) is 23.8 Å². The van der Waals surface area contributed by atoms with Gasteiger partial charge in [0.15, 0.2) is 0 Å². The molecule has 0 nitrogen and oxygen atoms in total. The van der Waals surface area contributed by atoms with Gasteiger partial charge in [-0.25, -0.2) is 0 Å². The fourth-order valence-electron chi connectivity index (χ4n) is 1.82. The maximum Gasteiger partial charge on any atom is 0.0775 e. The molecule has 0 N–H and O–H groups in total. The molecule has 0 amide bonds. The normalized spacial score (nSPS) is 11.6. The highest BCUT2D eigenvalue weighted by Gasteiger charge is 2.15. The molecule has 2 rings (SSSR count). The number of hydrogen-bond donors (Lipinski definition) is 0. The molecule has 0 fully saturated rings. The van der Waals surface area contributed by atoms with Crippen LogP contribution in [0.1, 0.15) is 5.56 Å². The summed E-state index contributed by atoms with van der Waals surface area (Å²) in [6.45, 7) is 7.16. The van der Waals surface area contributed by atoms with E-state index >= 15 is 0 Å². The van der Waals surface area contributed by atoms with Crippen molar-refractivity contribution in [2.24, 2.45) is 0 Å². The smallest absolute Gasteiger partial charge is 0.0775 e. The van der Waals surface area contributed by atoms with Gasteiger partial charge in [0.2, 0.25) is 0 Å². The summed E-state index contributed by atoms with van der Waals surface area (Å²) >= 11 is 5.39. The molecule has 0 heterocycles. The van der Waals surface area contributed by atoms with Crippen molar-refractivity contribution < 1.29 is 0 Å². The average Bonchev–Trinajstić information content (AvgIpc) is 2.36. The first-order chi connectivity index (χ1) is 8.95. The van der Waals surface area contributed by atoms with Gasteiger partial charge in [-0.3, -0.25) is 0 Å². The zero-order valence-corrected chi connectivity index (χ0v) is 15.0. The first kappa shape index (κ1) is 14.9. The van der Waals surface area contributed by atoms with Crippen LogP contribution in [0.4, 0.5) is 0 Å². The lowest BCUT2D eigenvalue weighted by Crippen LogP contribution is -2.37. The van der Waals surface area contributed by atoms with E-state index in [0.717, 1.165) is 10.2 Å². The Morgan fingerprint density at radius 3 is 2.26 bits per heavy atom. The minimum atomic E-state index is -1.16. The minimum Gasteiger partial charge on any atom is -0.121 e. The van der Waals surface area contributed by atoms with Crippen molar-refractivity contribution in [3.63, 3.8) is 0 Å². The molecule has 0 aliphatic heterocycles. The largest absolute Gasteiger partial charge is 0.121 e. The molecule has 0 radical (unpaired) electrons. The Kier molecular flexibility index (Phi) is 4.93. The first-order valence-corrected chi connectivity index (χ1v) is 11.7. The zero-order valence-electron chi connectivity index (χ0n) is 11.6. The van der Waals surface area contributed by atoms with Crippen molar-refractivity contribution in [1.29, 1.82) is 0 Å². The summed E-state index contributed by atoms with van der Waals surface area (Å²) < 4.78 is 1.14. The Morgan fingerprint density at radius 2 is 1.68 bits per heavy atom. The summed E-state index contributed by atoms with van der Waals surface area (Å²) in [5, 5.41) is 1.53. The Balaban J connectivity index is 2.01. The van der Waals surface area contributed by atoms with Crippen LogP contribution in [0.5, 0.6) is 0 Å². The Morgan fingerprint density at radius 1 is 1.00 bits per heavy atom. The van der Waals surface area contributed by atoms with E-state index < -0.39 is 8.07 Å². The standard InChI is InChI=1S/C16H19BrSSi/c1-19(2,3)16-9-7-13(8-10-16)12-18-15-6-4-5-14(17)11-15/h4-11H,12H2,1-3H3. The summed E-state index contributed by atoms with van der Waals surface area (Å²) in [6.07, 6.45) is 0. The van der Waals surface area contributed by atoms with Crippen molar-refractivity contribution in [3.05, 3.63) is 58.6 Å². The highest BCUT2D eigenvalue weighted by molar-refractivity contribution is 9.10. The molecule has 2 aromatic rings. The molecule has 3 heteroatoms. The maximum absolute atomic E-state index is 3.51. The van der Waals surface area contributed by atoms with E-state index in [1.54, 1.807) is 0 Å². The van der Waals surface area contributed by atoms with Gasteiger partial charge in [0.1, 0.15) is 0 Å². The zero-order chi connectivity index (χ0) is 13.9. The van der Waals surface area contributed by atoms with Gasteiger partial charge in [-0.2, -0.15) is 0 Å². The number of rotatable bonds is 4. The van der Waals surface area contributed by atoms with E-state index in [2.05, 4.69) is 84.1 Å². The van der Waals surface area contributed by atoms with Crippen molar-refractivity contribution >= 4 is 41.0 Å². The topological polar surface area (TPSA) is 0 Å². The van der Waals surface area contributed by atoms with Crippen LogP contribution in [0.25, 0.3) is 0 Å². The second-order valence-electron chi connectivity index (χ2n) is 5.69. The van der Waals surface area contributed by atoms with Gasteiger partial charge in [0.25, 0.3) is 0 Å². The predicted molar refractivity (Wildman–Crippen MR) is 93.1 cm³/mol. The Bertz CT molecular complexity index is 543. The molecule has 0 saturated heterocycles. The van der Waals surface area contributed by atoms with Crippen LogP contribution in [0, 0.1) is 0 Å². The van der Waals surface area contributed by atoms with Crippen molar-refractivity contribution in [2.45, 2.75) is 30.3 Å². The van der Waals surface area contributed by atoms with Crippen LogP contribution >= 0.6 is 27.7 Å². The second kappa shape index (κ2) is 6.29. The fraction of sp³-hybridized carbons (Fsp3) is 0.250. The van der Waals surface area contributed by atoms with Crippen LogP contribution in [0.15, 0.2) is 57.9 Å². The lowest BCUT2D eigenvalue weighted by Gasteiger charge is -2.16. The lowest BCUT2D eigenvalue weighted by molar-refractivity contribution is 1.38. The van der Waals surface area contributed by atoms with Gasteiger partial charge >= 0.3 is 0 Å². The number of halogens is 1. The number of hydrogen-bond acceptors (Lipinski definition) is 1. The van der Waals surface area contributed by atoms with E-state index in [0.29, 0.717) is 0 Å². The van der Waals surface area contributed by atoms with Crippen LogP contribution in [-0.4, -0.2) is 8.07 Å². The summed E-state index contributed by atoms with van der Waals surface area (Å²) in [7, 11) is -1.16. The lowest BCUT2D eigenvalue weighted by atomic mass is 10.2. The molecule has 0 unspecified atom stereocenters.